The number of rotatable bonds is 5. The van der Waals surface area contributed by atoms with Crippen molar-refractivity contribution in [1.82, 2.24) is 10.6 Å². The molecular weight excluding hydrogens is 204 g/mol. The molecule has 0 radical (unpaired) electrons. The molecule has 0 spiro atoms. The summed E-state index contributed by atoms with van der Waals surface area (Å²) in [5.74, 6) is 1.69. The molecule has 0 aliphatic carbocycles. The average molecular weight is 224 g/mol. The van der Waals surface area contributed by atoms with Crippen LogP contribution < -0.4 is 10.6 Å². The van der Waals surface area contributed by atoms with Crippen LogP contribution >= 0.6 is 11.3 Å². The van der Waals surface area contributed by atoms with Gasteiger partial charge in [0.25, 0.3) is 0 Å². The molecule has 3 heteroatoms. The minimum absolute atomic E-state index is 0.798. The summed E-state index contributed by atoms with van der Waals surface area (Å²) in [6.45, 7) is 9.13. The van der Waals surface area contributed by atoms with E-state index in [1.54, 1.807) is 0 Å². The molecule has 15 heavy (non-hydrogen) atoms. The fourth-order valence-corrected chi connectivity index (χ4v) is 2.75. The van der Waals surface area contributed by atoms with Crippen LogP contribution in [0.2, 0.25) is 0 Å². The van der Waals surface area contributed by atoms with Gasteiger partial charge in [-0.25, -0.2) is 0 Å². The Morgan fingerprint density at radius 3 is 2.93 bits per heavy atom. The second-order valence-electron chi connectivity index (χ2n) is 4.55. The van der Waals surface area contributed by atoms with Crippen LogP contribution in [0.4, 0.5) is 0 Å². The van der Waals surface area contributed by atoms with Crippen molar-refractivity contribution in [2.75, 3.05) is 19.6 Å². The lowest BCUT2D eigenvalue weighted by Crippen LogP contribution is -2.47. The van der Waals surface area contributed by atoms with Crippen LogP contribution in [0.5, 0.6) is 0 Å². The van der Waals surface area contributed by atoms with Gasteiger partial charge < -0.3 is 10.6 Å². The number of thiophene rings is 1. The molecule has 1 atom stereocenters. The van der Waals surface area contributed by atoms with Crippen molar-refractivity contribution >= 4 is 11.3 Å². The lowest BCUT2D eigenvalue weighted by molar-refractivity contribution is 0.242. The Hall–Kier alpha value is -0.380. The average Bonchev–Trinajstić information content (AvgIpc) is 2.49. The van der Waals surface area contributed by atoms with Gasteiger partial charge in [0, 0.05) is 11.4 Å². The molecule has 1 aliphatic heterocycles. The largest absolute Gasteiger partial charge is 0.316 e. The monoisotopic (exact) mass is 224 g/mol. The Balaban J connectivity index is 1.68. The van der Waals surface area contributed by atoms with Gasteiger partial charge in [-0.05, 0) is 55.4 Å². The summed E-state index contributed by atoms with van der Waals surface area (Å²) < 4.78 is 0. The molecule has 1 fully saturated rings. The van der Waals surface area contributed by atoms with Crippen LogP contribution in [0.3, 0.4) is 0 Å². The Kier molecular flexibility index (Phi) is 3.78. The van der Waals surface area contributed by atoms with Gasteiger partial charge in [0.05, 0.1) is 0 Å². The van der Waals surface area contributed by atoms with Crippen LogP contribution in [0, 0.1) is 18.8 Å². The summed E-state index contributed by atoms with van der Waals surface area (Å²) in [6, 6.07) is 2.20. The van der Waals surface area contributed by atoms with Gasteiger partial charge >= 0.3 is 0 Å². The van der Waals surface area contributed by atoms with E-state index in [9.17, 15) is 0 Å². The molecule has 2 rings (SSSR count). The van der Waals surface area contributed by atoms with E-state index < -0.39 is 0 Å². The standard InChI is InChI=1S/C12H20N2S/c1-9-3-4-15-12(9)8-13-5-10(2)11-6-14-7-11/h3-4,10-11,13-14H,5-8H2,1-2H3. The highest BCUT2D eigenvalue weighted by atomic mass is 32.1. The molecule has 1 aromatic heterocycles. The van der Waals surface area contributed by atoms with Gasteiger partial charge in [-0.3, -0.25) is 0 Å². The van der Waals surface area contributed by atoms with Crippen LogP contribution in [0.25, 0.3) is 0 Å². The number of hydrogen-bond acceptors (Lipinski definition) is 3. The summed E-state index contributed by atoms with van der Waals surface area (Å²) in [5, 5.41) is 9.06. The normalized spacial score (nSPS) is 18.8. The lowest BCUT2D eigenvalue weighted by atomic mass is 9.89. The minimum atomic E-state index is 0.798. The third-order valence-electron chi connectivity index (χ3n) is 3.34. The maximum Gasteiger partial charge on any atom is 0.0302 e. The van der Waals surface area contributed by atoms with E-state index in [1.807, 2.05) is 11.3 Å². The van der Waals surface area contributed by atoms with Gasteiger partial charge in [-0.2, -0.15) is 0 Å². The molecule has 84 valence electrons. The van der Waals surface area contributed by atoms with Gasteiger partial charge in [0.2, 0.25) is 0 Å². The van der Waals surface area contributed by atoms with Crippen molar-refractivity contribution in [1.29, 1.82) is 0 Å². The van der Waals surface area contributed by atoms with Gasteiger partial charge in [-0.15, -0.1) is 11.3 Å². The Labute approximate surface area is 96.1 Å². The fraction of sp³-hybridized carbons (Fsp3) is 0.667. The van der Waals surface area contributed by atoms with Gasteiger partial charge in [0.15, 0.2) is 0 Å². The Bertz CT molecular complexity index is 304. The predicted molar refractivity (Wildman–Crippen MR) is 66.3 cm³/mol. The predicted octanol–water partition coefficient (Wildman–Crippen LogP) is 2.00. The lowest BCUT2D eigenvalue weighted by Gasteiger charge is -2.32. The van der Waals surface area contributed by atoms with Crippen LogP contribution in [-0.4, -0.2) is 19.6 Å². The van der Waals surface area contributed by atoms with Crippen molar-refractivity contribution in [3.8, 4) is 0 Å². The zero-order valence-electron chi connectivity index (χ0n) is 9.55. The Morgan fingerprint density at radius 2 is 2.40 bits per heavy atom. The summed E-state index contributed by atoms with van der Waals surface area (Å²) in [4.78, 5) is 1.48. The summed E-state index contributed by atoms with van der Waals surface area (Å²) in [6.07, 6.45) is 0. The van der Waals surface area contributed by atoms with E-state index in [2.05, 4.69) is 35.9 Å². The van der Waals surface area contributed by atoms with Crippen molar-refractivity contribution in [2.45, 2.75) is 20.4 Å². The molecule has 0 bridgehead atoms. The van der Waals surface area contributed by atoms with Crippen molar-refractivity contribution in [3.63, 3.8) is 0 Å². The zero-order chi connectivity index (χ0) is 10.7. The molecule has 0 saturated carbocycles. The summed E-state index contributed by atoms with van der Waals surface area (Å²) in [7, 11) is 0. The van der Waals surface area contributed by atoms with E-state index in [0.29, 0.717) is 0 Å². The zero-order valence-corrected chi connectivity index (χ0v) is 10.4. The number of hydrogen-bond donors (Lipinski definition) is 2. The summed E-state index contributed by atoms with van der Waals surface area (Å²) in [5.41, 5.74) is 1.42. The van der Waals surface area contributed by atoms with Crippen LogP contribution in [-0.2, 0) is 6.54 Å². The first kappa shape index (κ1) is 11.1. The highest BCUT2D eigenvalue weighted by molar-refractivity contribution is 7.10. The van der Waals surface area contributed by atoms with Crippen LogP contribution in [0.1, 0.15) is 17.4 Å². The molecule has 2 heterocycles. The molecule has 1 saturated heterocycles. The second-order valence-corrected chi connectivity index (χ2v) is 5.55. The maximum atomic E-state index is 3.56. The molecular formula is C12H20N2S. The molecule has 2 nitrogen and oxygen atoms in total. The highest BCUT2D eigenvalue weighted by Crippen LogP contribution is 2.17. The second kappa shape index (κ2) is 5.10. The van der Waals surface area contributed by atoms with Crippen LogP contribution in [0.15, 0.2) is 11.4 Å². The first-order chi connectivity index (χ1) is 7.27. The molecule has 0 aromatic carbocycles. The van der Waals surface area contributed by atoms with E-state index in [4.69, 9.17) is 0 Å². The molecule has 1 unspecified atom stereocenters. The third kappa shape index (κ3) is 2.80. The maximum absolute atomic E-state index is 3.56. The fourth-order valence-electron chi connectivity index (χ4n) is 1.88. The molecule has 0 amide bonds. The minimum Gasteiger partial charge on any atom is -0.316 e. The SMILES string of the molecule is Cc1ccsc1CNCC(C)C1CNC1. The highest BCUT2D eigenvalue weighted by Gasteiger charge is 2.22. The quantitative estimate of drug-likeness (QED) is 0.799. The molecule has 2 N–H and O–H groups in total. The summed E-state index contributed by atoms with van der Waals surface area (Å²) >= 11 is 1.85. The van der Waals surface area contributed by atoms with Crippen molar-refractivity contribution < 1.29 is 0 Å². The smallest absolute Gasteiger partial charge is 0.0302 e. The van der Waals surface area contributed by atoms with Crippen molar-refractivity contribution in [2.24, 2.45) is 11.8 Å². The van der Waals surface area contributed by atoms with E-state index in [1.165, 1.54) is 23.5 Å². The molecule has 1 aromatic rings. The number of aryl methyl sites for hydroxylation is 1. The van der Waals surface area contributed by atoms with Gasteiger partial charge in [0.1, 0.15) is 0 Å². The topological polar surface area (TPSA) is 24.1 Å². The first-order valence-electron chi connectivity index (χ1n) is 5.72. The number of nitrogens with one attached hydrogen (secondary N) is 2. The van der Waals surface area contributed by atoms with Gasteiger partial charge in [-0.1, -0.05) is 6.92 Å². The third-order valence-corrected chi connectivity index (χ3v) is 4.36. The molecule has 1 aliphatic rings. The van der Waals surface area contributed by atoms with Crippen molar-refractivity contribution in [3.05, 3.63) is 21.9 Å². The van der Waals surface area contributed by atoms with E-state index >= 15 is 0 Å². The first-order valence-corrected chi connectivity index (χ1v) is 6.59. The van der Waals surface area contributed by atoms with E-state index in [-0.39, 0.29) is 0 Å². The van der Waals surface area contributed by atoms with E-state index in [0.717, 1.165) is 24.9 Å². The Morgan fingerprint density at radius 1 is 1.60 bits per heavy atom.